The second-order valence-electron chi connectivity index (χ2n) is 5.68. The van der Waals surface area contributed by atoms with Crippen LogP contribution in [-0.2, 0) is 6.54 Å². The number of benzene rings is 1. The first-order valence-electron chi connectivity index (χ1n) is 7.90. The van der Waals surface area contributed by atoms with Crippen LogP contribution in [0.3, 0.4) is 0 Å². The van der Waals surface area contributed by atoms with Gasteiger partial charge in [-0.15, -0.1) is 0 Å². The third-order valence-corrected chi connectivity index (χ3v) is 4.44. The van der Waals surface area contributed by atoms with Crippen molar-refractivity contribution in [3.8, 4) is 11.5 Å². The van der Waals surface area contributed by atoms with Gasteiger partial charge in [0.15, 0.2) is 0 Å². The fourth-order valence-electron chi connectivity index (χ4n) is 3.02. The summed E-state index contributed by atoms with van der Waals surface area (Å²) in [4.78, 5) is 2.57. The van der Waals surface area contributed by atoms with Crippen molar-refractivity contribution in [1.29, 1.82) is 0 Å². The van der Waals surface area contributed by atoms with Crippen LogP contribution in [0.1, 0.15) is 32.3 Å². The van der Waals surface area contributed by atoms with Gasteiger partial charge in [-0.1, -0.05) is 13.8 Å². The molecule has 1 fully saturated rings. The molecule has 21 heavy (non-hydrogen) atoms. The monoisotopic (exact) mass is 292 g/mol. The van der Waals surface area contributed by atoms with Crippen molar-refractivity contribution in [2.75, 3.05) is 27.3 Å². The number of rotatable bonds is 6. The van der Waals surface area contributed by atoms with E-state index in [0.29, 0.717) is 12.1 Å². The molecule has 2 unspecified atom stereocenters. The Morgan fingerprint density at radius 1 is 1.19 bits per heavy atom. The van der Waals surface area contributed by atoms with E-state index >= 15 is 0 Å². The number of nitrogens with zero attached hydrogens (tertiary/aromatic N) is 1. The summed E-state index contributed by atoms with van der Waals surface area (Å²) in [6.45, 7) is 7.58. The van der Waals surface area contributed by atoms with E-state index in [9.17, 15) is 0 Å². The molecular weight excluding hydrogens is 264 g/mol. The number of methoxy groups -OCH3 is 2. The molecule has 1 aromatic carbocycles. The highest BCUT2D eigenvalue weighted by Crippen LogP contribution is 2.27. The lowest BCUT2D eigenvalue weighted by Gasteiger charge is -2.40. The van der Waals surface area contributed by atoms with Gasteiger partial charge in [0, 0.05) is 37.3 Å². The predicted molar refractivity (Wildman–Crippen MR) is 86.1 cm³/mol. The summed E-state index contributed by atoms with van der Waals surface area (Å²) < 4.78 is 10.9. The van der Waals surface area contributed by atoms with Crippen LogP contribution in [0, 0.1) is 0 Å². The normalized spacial score (nSPS) is 23.0. The summed E-state index contributed by atoms with van der Waals surface area (Å²) in [5, 5.41) is 3.64. The van der Waals surface area contributed by atoms with E-state index in [-0.39, 0.29) is 0 Å². The molecule has 0 radical (unpaired) electrons. The quantitative estimate of drug-likeness (QED) is 0.874. The van der Waals surface area contributed by atoms with Gasteiger partial charge in [0.1, 0.15) is 11.5 Å². The van der Waals surface area contributed by atoms with Crippen LogP contribution in [0.25, 0.3) is 0 Å². The molecule has 0 aromatic heterocycles. The molecular formula is C17H28N2O2. The van der Waals surface area contributed by atoms with Crippen molar-refractivity contribution in [2.45, 2.75) is 45.3 Å². The van der Waals surface area contributed by atoms with E-state index in [1.807, 2.05) is 12.1 Å². The molecule has 2 rings (SSSR count). The van der Waals surface area contributed by atoms with E-state index in [1.54, 1.807) is 14.2 Å². The van der Waals surface area contributed by atoms with Crippen molar-refractivity contribution in [3.05, 3.63) is 23.8 Å². The Balaban J connectivity index is 2.17. The van der Waals surface area contributed by atoms with Crippen molar-refractivity contribution >= 4 is 0 Å². The summed E-state index contributed by atoms with van der Waals surface area (Å²) in [5.74, 6) is 1.83. The molecule has 1 heterocycles. The minimum atomic E-state index is 0.587. The largest absolute Gasteiger partial charge is 0.497 e. The van der Waals surface area contributed by atoms with Crippen LogP contribution in [0.5, 0.6) is 11.5 Å². The van der Waals surface area contributed by atoms with Gasteiger partial charge in [0.05, 0.1) is 14.2 Å². The highest BCUT2D eigenvalue weighted by atomic mass is 16.5. The van der Waals surface area contributed by atoms with E-state index in [4.69, 9.17) is 9.47 Å². The minimum absolute atomic E-state index is 0.587. The van der Waals surface area contributed by atoms with Crippen LogP contribution < -0.4 is 14.8 Å². The summed E-state index contributed by atoms with van der Waals surface area (Å²) in [6, 6.07) is 7.21. The van der Waals surface area contributed by atoms with Crippen LogP contribution in [0.4, 0.5) is 0 Å². The zero-order chi connectivity index (χ0) is 15.2. The van der Waals surface area contributed by atoms with Gasteiger partial charge in [-0.3, -0.25) is 4.90 Å². The van der Waals surface area contributed by atoms with Gasteiger partial charge in [-0.2, -0.15) is 0 Å². The molecule has 1 N–H and O–H groups in total. The molecule has 0 aliphatic carbocycles. The van der Waals surface area contributed by atoms with E-state index in [0.717, 1.165) is 37.6 Å². The average Bonchev–Trinajstić information content (AvgIpc) is 2.54. The first kappa shape index (κ1) is 16.1. The fourth-order valence-corrected chi connectivity index (χ4v) is 3.02. The lowest BCUT2D eigenvalue weighted by Crippen LogP contribution is -2.55. The Morgan fingerprint density at radius 3 is 2.62 bits per heavy atom. The average molecular weight is 292 g/mol. The summed E-state index contributed by atoms with van der Waals surface area (Å²) in [5.41, 5.74) is 1.20. The van der Waals surface area contributed by atoms with E-state index < -0.39 is 0 Å². The lowest BCUT2D eigenvalue weighted by atomic mass is 10.0. The zero-order valence-corrected chi connectivity index (χ0v) is 13.7. The van der Waals surface area contributed by atoms with Gasteiger partial charge < -0.3 is 14.8 Å². The number of nitrogens with one attached hydrogen (secondary N) is 1. The molecule has 1 saturated heterocycles. The van der Waals surface area contributed by atoms with Crippen LogP contribution >= 0.6 is 0 Å². The number of piperazine rings is 1. The standard InChI is InChI=1S/C17H28N2O2/c1-5-14-12-19(15(6-2)10-18-14)11-13-9-16(20-3)7-8-17(13)21-4/h7-9,14-15,18H,5-6,10-12H2,1-4H3. The van der Waals surface area contributed by atoms with Gasteiger partial charge in [-0.25, -0.2) is 0 Å². The Hall–Kier alpha value is -1.26. The van der Waals surface area contributed by atoms with Crippen LogP contribution in [0.15, 0.2) is 18.2 Å². The Labute approximate surface area is 128 Å². The smallest absolute Gasteiger partial charge is 0.123 e. The molecule has 4 nitrogen and oxygen atoms in total. The highest BCUT2D eigenvalue weighted by molar-refractivity contribution is 5.40. The first-order valence-corrected chi connectivity index (χ1v) is 7.90. The molecule has 0 amide bonds. The van der Waals surface area contributed by atoms with Gasteiger partial charge in [-0.05, 0) is 31.0 Å². The maximum atomic E-state index is 5.51. The maximum Gasteiger partial charge on any atom is 0.123 e. The van der Waals surface area contributed by atoms with Crippen molar-refractivity contribution < 1.29 is 9.47 Å². The van der Waals surface area contributed by atoms with Crippen molar-refractivity contribution in [1.82, 2.24) is 10.2 Å². The molecule has 1 aromatic rings. The maximum absolute atomic E-state index is 5.51. The molecule has 118 valence electrons. The number of ether oxygens (including phenoxy) is 2. The molecule has 1 aliphatic rings. The minimum Gasteiger partial charge on any atom is -0.497 e. The molecule has 0 saturated carbocycles. The van der Waals surface area contributed by atoms with E-state index in [2.05, 4.69) is 30.1 Å². The fraction of sp³-hybridized carbons (Fsp3) is 0.647. The number of hydrogen-bond donors (Lipinski definition) is 1. The zero-order valence-electron chi connectivity index (χ0n) is 13.7. The van der Waals surface area contributed by atoms with Crippen molar-refractivity contribution in [2.24, 2.45) is 0 Å². The van der Waals surface area contributed by atoms with Crippen LogP contribution in [-0.4, -0.2) is 44.3 Å². The highest BCUT2D eigenvalue weighted by Gasteiger charge is 2.26. The Morgan fingerprint density at radius 2 is 2.00 bits per heavy atom. The second-order valence-corrected chi connectivity index (χ2v) is 5.68. The molecule has 0 spiro atoms. The summed E-state index contributed by atoms with van der Waals surface area (Å²) >= 11 is 0. The SMILES string of the molecule is CCC1CN(Cc2cc(OC)ccc2OC)C(CC)CN1. The lowest BCUT2D eigenvalue weighted by molar-refractivity contribution is 0.116. The van der Waals surface area contributed by atoms with Gasteiger partial charge >= 0.3 is 0 Å². The molecule has 1 aliphatic heterocycles. The van der Waals surface area contributed by atoms with Gasteiger partial charge in [0.25, 0.3) is 0 Å². The topological polar surface area (TPSA) is 33.7 Å². The third kappa shape index (κ3) is 3.89. The molecule has 4 heteroatoms. The number of hydrogen-bond acceptors (Lipinski definition) is 4. The molecule has 2 atom stereocenters. The molecule has 0 bridgehead atoms. The predicted octanol–water partition coefficient (Wildman–Crippen LogP) is 2.67. The Kier molecular flexibility index (Phi) is 5.88. The van der Waals surface area contributed by atoms with Crippen LogP contribution in [0.2, 0.25) is 0 Å². The van der Waals surface area contributed by atoms with Crippen molar-refractivity contribution in [3.63, 3.8) is 0 Å². The summed E-state index contributed by atoms with van der Waals surface area (Å²) in [7, 11) is 3.44. The van der Waals surface area contributed by atoms with Gasteiger partial charge in [0.2, 0.25) is 0 Å². The summed E-state index contributed by atoms with van der Waals surface area (Å²) in [6.07, 6.45) is 2.33. The second kappa shape index (κ2) is 7.66. The first-order chi connectivity index (χ1) is 10.2. The van der Waals surface area contributed by atoms with E-state index in [1.165, 1.54) is 12.0 Å². The Bertz CT molecular complexity index is 450. The third-order valence-electron chi connectivity index (χ3n) is 4.44.